The molecule has 0 bridgehead atoms. The average molecular weight is 229 g/mol. The fourth-order valence-electron chi connectivity index (χ4n) is 1.12. The highest BCUT2D eigenvalue weighted by molar-refractivity contribution is 7.89. The maximum absolute atomic E-state index is 11.3. The molecule has 15 heavy (non-hydrogen) atoms. The molecule has 0 saturated heterocycles. The van der Waals surface area contributed by atoms with Crippen molar-refractivity contribution in [3.63, 3.8) is 0 Å². The Balaban J connectivity index is 2.62. The van der Waals surface area contributed by atoms with Gasteiger partial charge < -0.3 is 5.73 Å². The normalized spacial score (nSPS) is 11.6. The minimum absolute atomic E-state index is 0.0445. The van der Waals surface area contributed by atoms with Crippen LogP contribution in [0.4, 0.5) is 0 Å². The van der Waals surface area contributed by atoms with Crippen molar-refractivity contribution >= 4 is 10.0 Å². The van der Waals surface area contributed by atoms with E-state index in [1.54, 1.807) is 18.5 Å². The summed E-state index contributed by atoms with van der Waals surface area (Å²) in [4.78, 5) is 3.93. The van der Waals surface area contributed by atoms with Crippen molar-refractivity contribution < 1.29 is 8.42 Å². The Labute approximate surface area is 89.8 Å². The van der Waals surface area contributed by atoms with Gasteiger partial charge in [0, 0.05) is 25.5 Å². The second kappa shape index (κ2) is 5.20. The minimum Gasteiger partial charge on any atom is -0.329 e. The van der Waals surface area contributed by atoms with Crippen LogP contribution in [0, 0.1) is 6.92 Å². The first kappa shape index (κ1) is 12.1. The molecule has 1 aromatic heterocycles. The SMILES string of the molecule is Cc1cnccc1CNS(=O)(=O)CCN. The van der Waals surface area contributed by atoms with Crippen molar-refractivity contribution in [1.82, 2.24) is 9.71 Å². The number of nitrogens with one attached hydrogen (secondary N) is 1. The molecule has 0 aliphatic rings. The topological polar surface area (TPSA) is 85.1 Å². The number of sulfonamides is 1. The summed E-state index contributed by atoms with van der Waals surface area (Å²) in [5.41, 5.74) is 7.07. The fraction of sp³-hybridized carbons (Fsp3) is 0.444. The van der Waals surface area contributed by atoms with Gasteiger partial charge in [-0.1, -0.05) is 0 Å². The van der Waals surface area contributed by atoms with Gasteiger partial charge in [0.15, 0.2) is 0 Å². The van der Waals surface area contributed by atoms with Crippen LogP contribution in [-0.4, -0.2) is 25.7 Å². The summed E-state index contributed by atoms with van der Waals surface area (Å²) >= 11 is 0. The van der Waals surface area contributed by atoms with Crippen LogP contribution >= 0.6 is 0 Å². The first-order valence-electron chi connectivity index (χ1n) is 4.62. The van der Waals surface area contributed by atoms with E-state index in [0.717, 1.165) is 11.1 Å². The standard InChI is InChI=1S/C9H15N3O2S/c1-8-6-11-4-2-9(8)7-12-15(13,14)5-3-10/h2,4,6,12H,3,5,7,10H2,1H3. The van der Waals surface area contributed by atoms with Crippen LogP contribution < -0.4 is 10.5 Å². The van der Waals surface area contributed by atoms with Crippen molar-refractivity contribution in [3.8, 4) is 0 Å². The molecule has 0 fully saturated rings. The lowest BCUT2D eigenvalue weighted by atomic mass is 10.2. The van der Waals surface area contributed by atoms with Crippen LogP contribution in [0.15, 0.2) is 18.5 Å². The Morgan fingerprint density at radius 1 is 1.53 bits per heavy atom. The molecule has 1 heterocycles. The molecule has 0 aliphatic carbocycles. The molecule has 84 valence electrons. The molecule has 0 unspecified atom stereocenters. The van der Waals surface area contributed by atoms with E-state index in [1.807, 2.05) is 6.92 Å². The Hall–Kier alpha value is -0.980. The van der Waals surface area contributed by atoms with Crippen molar-refractivity contribution in [3.05, 3.63) is 29.6 Å². The Morgan fingerprint density at radius 3 is 2.87 bits per heavy atom. The fourth-order valence-corrected chi connectivity index (χ4v) is 1.95. The van der Waals surface area contributed by atoms with Gasteiger partial charge in [0.1, 0.15) is 0 Å². The lowest BCUT2D eigenvalue weighted by Gasteiger charge is -2.07. The second-order valence-electron chi connectivity index (χ2n) is 3.23. The third-order valence-corrected chi connectivity index (χ3v) is 3.36. The molecule has 0 radical (unpaired) electrons. The lowest BCUT2D eigenvalue weighted by molar-refractivity contribution is 0.581. The first-order valence-corrected chi connectivity index (χ1v) is 6.27. The smallest absolute Gasteiger partial charge is 0.213 e. The molecule has 5 nitrogen and oxygen atoms in total. The molecule has 0 aliphatic heterocycles. The predicted octanol–water partition coefficient (Wildman–Crippen LogP) is -0.232. The van der Waals surface area contributed by atoms with Crippen molar-refractivity contribution in [2.24, 2.45) is 5.73 Å². The summed E-state index contributed by atoms with van der Waals surface area (Å²) < 4.78 is 25.1. The second-order valence-corrected chi connectivity index (χ2v) is 5.16. The van der Waals surface area contributed by atoms with E-state index in [0.29, 0.717) is 0 Å². The summed E-state index contributed by atoms with van der Waals surface area (Å²) in [7, 11) is -3.24. The van der Waals surface area contributed by atoms with E-state index in [1.165, 1.54) is 0 Å². The largest absolute Gasteiger partial charge is 0.329 e. The number of hydrogen-bond acceptors (Lipinski definition) is 4. The predicted molar refractivity (Wildman–Crippen MR) is 58.7 cm³/mol. The van der Waals surface area contributed by atoms with Crippen LogP contribution in [0.5, 0.6) is 0 Å². The zero-order valence-electron chi connectivity index (χ0n) is 8.60. The van der Waals surface area contributed by atoms with E-state index >= 15 is 0 Å². The average Bonchev–Trinajstić information content (AvgIpc) is 2.16. The number of aryl methyl sites for hydroxylation is 1. The lowest BCUT2D eigenvalue weighted by Crippen LogP contribution is -2.29. The number of nitrogens with two attached hydrogens (primary N) is 1. The highest BCUT2D eigenvalue weighted by Crippen LogP contribution is 2.04. The quantitative estimate of drug-likeness (QED) is 0.730. The zero-order chi connectivity index (χ0) is 11.3. The molecule has 1 aromatic rings. The maximum atomic E-state index is 11.3. The van der Waals surface area contributed by atoms with E-state index in [-0.39, 0.29) is 18.8 Å². The minimum atomic E-state index is -3.24. The van der Waals surface area contributed by atoms with E-state index in [2.05, 4.69) is 9.71 Å². The van der Waals surface area contributed by atoms with E-state index in [9.17, 15) is 8.42 Å². The van der Waals surface area contributed by atoms with E-state index < -0.39 is 10.0 Å². The Morgan fingerprint density at radius 2 is 2.27 bits per heavy atom. The van der Waals surface area contributed by atoms with E-state index in [4.69, 9.17) is 5.73 Å². The summed E-state index contributed by atoms with van der Waals surface area (Å²) in [6.07, 6.45) is 3.34. The monoisotopic (exact) mass is 229 g/mol. The van der Waals surface area contributed by atoms with Gasteiger partial charge in [-0.3, -0.25) is 4.98 Å². The molecule has 0 spiro atoms. The first-order chi connectivity index (χ1) is 7.05. The van der Waals surface area contributed by atoms with Gasteiger partial charge in [0.25, 0.3) is 0 Å². The third kappa shape index (κ3) is 3.94. The van der Waals surface area contributed by atoms with Gasteiger partial charge >= 0.3 is 0 Å². The van der Waals surface area contributed by atoms with Crippen LogP contribution in [0.3, 0.4) is 0 Å². The number of pyridine rings is 1. The van der Waals surface area contributed by atoms with Gasteiger partial charge in [-0.2, -0.15) is 0 Å². The number of hydrogen-bond donors (Lipinski definition) is 2. The van der Waals surface area contributed by atoms with Gasteiger partial charge in [-0.25, -0.2) is 13.1 Å². The summed E-state index contributed by atoms with van der Waals surface area (Å²) in [6, 6.07) is 1.79. The number of rotatable bonds is 5. The highest BCUT2D eigenvalue weighted by Gasteiger charge is 2.08. The zero-order valence-corrected chi connectivity index (χ0v) is 9.42. The highest BCUT2D eigenvalue weighted by atomic mass is 32.2. The van der Waals surface area contributed by atoms with Crippen LogP contribution in [-0.2, 0) is 16.6 Å². The van der Waals surface area contributed by atoms with Crippen LogP contribution in [0.2, 0.25) is 0 Å². The van der Waals surface area contributed by atoms with Gasteiger partial charge in [-0.15, -0.1) is 0 Å². The third-order valence-electron chi connectivity index (χ3n) is 2.01. The summed E-state index contributed by atoms with van der Waals surface area (Å²) in [5.74, 6) is -0.0445. The molecule has 6 heteroatoms. The number of aromatic nitrogens is 1. The molecule has 0 aromatic carbocycles. The van der Waals surface area contributed by atoms with Crippen LogP contribution in [0.25, 0.3) is 0 Å². The molecular formula is C9H15N3O2S. The maximum Gasteiger partial charge on any atom is 0.213 e. The van der Waals surface area contributed by atoms with Gasteiger partial charge in [0.2, 0.25) is 10.0 Å². The number of nitrogens with zero attached hydrogens (tertiary/aromatic N) is 1. The Kier molecular flexibility index (Phi) is 4.19. The Bertz CT molecular complexity index is 417. The molecule has 0 amide bonds. The van der Waals surface area contributed by atoms with Crippen molar-refractivity contribution in [1.29, 1.82) is 0 Å². The summed E-state index contributed by atoms with van der Waals surface area (Å²) in [5, 5.41) is 0. The van der Waals surface area contributed by atoms with Crippen molar-refractivity contribution in [2.45, 2.75) is 13.5 Å². The van der Waals surface area contributed by atoms with Crippen LogP contribution in [0.1, 0.15) is 11.1 Å². The van der Waals surface area contributed by atoms with Gasteiger partial charge in [-0.05, 0) is 24.1 Å². The molecule has 1 rings (SSSR count). The summed E-state index contributed by atoms with van der Waals surface area (Å²) in [6.45, 7) is 2.31. The molecule has 3 N–H and O–H groups in total. The molecule has 0 atom stereocenters. The van der Waals surface area contributed by atoms with Crippen molar-refractivity contribution in [2.75, 3.05) is 12.3 Å². The molecule has 0 saturated carbocycles. The molecular weight excluding hydrogens is 214 g/mol. The van der Waals surface area contributed by atoms with Gasteiger partial charge in [0.05, 0.1) is 5.75 Å².